The highest BCUT2D eigenvalue weighted by atomic mass is 19.4. The predicted octanol–water partition coefficient (Wildman–Crippen LogP) is 5.62. The molecular weight excluding hydrogens is 403 g/mol. The van der Waals surface area contributed by atoms with E-state index < -0.39 is 11.6 Å². The number of fused-ring (bicyclic) bond motifs is 1. The van der Waals surface area contributed by atoms with Crippen LogP contribution in [0.25, 0.3) is 33.3 Å². The summed E-state index contributed by atoms with van der Waals surface area (Å²) in [4.78, 5) is 8.83. The van der Waals surface area contributed by atoms with Gasteiger partial charge in [0.05, 0.1) is 29.4 Å². The van der Waals surface area contributed by atoms with Gasteiger partial charge in [-0.15, -0.1) is 0 Å². The molecule has 3 heterocycles. The third-order valence-corrected chi connectivity index (χ3v) is 5.16. The van der Waals surface area contributed by atoms with E-state index in [-0.39, 0.29) is 12.2 Å². The molecule has 8 heteroatoms. The molecule has 0 saturated carbocycles. The third-order valence-electron chi connectivity index (χ3n) is 5.16. The zero-order chi connectivity index (χ0) is 22.2. The fraction of sp³-hybridized carbons (Fsp3) is 0.217. The van der Waals surface area contributed by atoms with E-state index in [2.05, 4.69) is 15.1 Å². The van der Waals surface area contributed by atoms with Gasteiger partial charge >= 0.3 is 6.18 Å². The Bertz CT molecular complexity index is 1300. The van der Waals surface area contributed by atoms with Gasteiger partial charge in [0.2, 0.25) is 0 Å². The van der Waals surface area contributed by atoms with Crippen molar-refractivity contribution in [3.05, 3.63) is 66.7 Å². The van der Waals surface area contributed by atoms with Gasteiger partial charge in [0.1, 0.15) is 11.8 Å². The Balaban J connectivity index is 1.78. The van der Waals surface area contributed by atoms with Gasteiger partial charge in [0.15, 0.2) is 0 Å². The summed E-state index contributed by atoms with van der Waals surface area (Å²) in [5, 5.41) is 14.4. The third kappa shape index (κ3) is 3.99. The molecule has 1 aromatic carbocycles. The van der Waals surface area contributed by atoms with E-state index in [0.29, 0.717) is 16.8 Å². The summed E-state index contributed by atoms with van der Waals surface area (Å²) in [6, 6.07) is 14.8. The fourth-order valence-electron chi connectivity index (χ4n) is 3.27. The smallest absolute Gasteiger partial charge is 0.271 e. The molecule has 31 heavy (non-hydrogen) atoms. The lowest BCUT2D eigenvalue weighted by molar-refractivity contribution is -0.216. The van der Waals surface area contributed by atoms with Gasteiger partial charge in [-0.05, 0) is 38.1 Å². The molecule has 156 valence electrons. The summed E-state index contributed by atoms with van der Waals surface area (Å²) in [5.74, 6) is 0. The first-order chi connectivity index (χ1) is 14.7. The van der Waals surface area contributed by atoms with Crippen LogP contribution in [0.2, 0.25) is 0 Å². The SMILES string of the molecule is CC(C)(Cn1cc(-c2ccc(C#N)nc2-c2ccc3cccnc3c2)cn1)C(F)(F)F. The van der Waals surface area contributed by atoms with Crippen molar-refractivity contribution in [2.45, 2.75) is 26.6 Å². The van der Waals surface area contributed by atoms with Crippen molar-refractivity contribution in [2.75, 3.05) is 0 Å². The largest absolute Gasteiger partial charge is 0.395 e. The number of alkyl halides is 3. The molecule has 0 bridgehead atoms. The summed E-state index contributed by atoms with van der Waals surface area (Å²) >= 11 is 0. The Hall–Kier alpha value is -3.73. The molecule has 4 rings (SSSR count). The molecule has 5 nitrogen and oxygen atoms in total. The van der Waals surface area contributed by atoms with Crippen molar-refractivity contribution in [1.82, 2.24) is 19.7 Å². The zero-order valence-corrected chi connectivity index (χ0v) is 16.9. The molecule has 0 radical (unpaired) electrons. The number of aromatic nitrogens is 4. The molecule has 0 unspecified atom stereocenters. The topological polar surface area (TPSA) is 67.4 Å². The minimum atomic E-state index is -4.35. The van der Waals surface area contributed by atoms with E-state index in [1.54, 1.807) is 24.5 Å². The number of pyridine rings is 2. The molecule has 3 aromatic heterocycles. The van der Waals surface area contributed by atoms with Gasteiger partial charge in [0.25, 0.3) is 0 Å². The molecule has 0 fully saturated rings. The van der Waals surface area contributed by atoms with Gasteiger partial charge in [-0.2, -0.15) is 23.5 Å². The highest BCUT2D eigenvalue weighted by molar-refractivity contribution is 5.87. The summed E-state index contributed by atoms with van der Waals surface area (Å²) in [5.41, 5.74) is 1.68. The molecule has 0 spiro atoms. The predicted molar refractivity (Wildman–Crippen MR) is 111 cm³/mol. The van der Waals surface area contributed by atoms with E-state index in [1.165, 1.54) is 10.9 Å². The van der Waals surface area contributed by atoms with Crippen molar-refractivity contribution in [2.24, 2.45) is 5.41 Å². The van der Waals surface area contributed by atoms with Crippen LogP contribution in [0.4, 0.5) is 13.2 Å². The number of nitriles is 1. The molecule has 0 N–H and O–H groups in total. The number of rotatable bonds is 4. The Labute approximate surface area is 176 Å². The highest BCUT2D eigenvalue weighted by Crippen LogP contribution is 2.39. The lowest BCUT2D eigenvalue weighted by atomic mass is 9.93. The van der Waals surface area contributed by atoms with Crippen LogP contribution in [0.1, 0.15) is 19.5 Å². The summed E-state index contributed by atoms with van der Waals surface area (Å²) in [6.07, 6.45) is 0.425. The minimum absolute atomic E-state index is 0.241. The maximum absolute atomic E-state index is 13.3. The number of benzene rings is 1. The lowest BCUT2D eigenvalue weighted by Crippen LogP contribution is -2.36. The lowest BCUT2D eigenvalue weighted by Gasteiger charge is -2.27. The maximum Gasteiger partial charge on any atom is 0.395 e. The standard InChI is InChI=1S/C23H18F3N5/c1-22(2,23(24,25)26)14-31-13-17(12-29-31)19-8-7-18(11-27)30-21(19)16-6-5-15-4-3-9-28-20(15)10-16/h3-10,12-13H,14H2,1-2H3. The molecule has 0 saturated heterocycles. The molecule has 0 atom stereocenters. The fourth-order valence-corrected chi connectivity index (χ4v) is 3.27. The van der Waals surface area contributed by atoms with Crippen LogP contribution in [0.3, 0.4) is 0 Å². The molecule has 0 aliphatic heterocycles. The second-order valence-electron chi connectivity index (χ2n) is 7.92. The molecular formula is C23H18F3N5. The summed E-state index contributed by atoms with van der Waals surface area (Å²) in [6.45, 7) is 1.98. The van der Waals surface area contributed by atoms with Crippen LogP contribution in [0.15, 0.2) is 61.1 Å². The number of halogens is 3. The monoisotopic (exact) mass is 421 g/mol. The maximum atomic E-state index is 13.3. The van der Waals surface area contributed by atoms with Crippen molar-refractivity contribution >= 4 is 10.9 Å². The van der Waals surface area contributed by atoms with Gasteiger partial charge in [-0.3, -0.25) is 9.67 Å². The Morgan fingerprint density at radius 2 is 1.87 bits per heavy atom. The van der Waals surface area contributed by atoms with Gasteiger partial charge in [-0.25, -0.2) is 4.98 Å². The molecule has 4 aromatic rings. The van der Waals surface area contributed by atoms with Gasteiger partial charge < -0.3 is 0 Å². The van der Waals surface area contributed by atoms with E-state index in [4.69, 9.17) is 0 Å². The Kier molecular flexibility index (Phi) is 4.97. The Morgan fingerprint density at radius 3 is 2.61 bits per heavy atom. The van der Waals surface area contributed by atoms with Gasteiger partial charge in [-0.1, -0.05) is 18.2 Å². The van der Waals surface area contributed by atoms with Crippen LogP contribution in [-0.4, -0.2) is 25.9 Å². The van der Waals surface area contributed by atoms with Crippen molar-refractivity contribution in [1.29, 1.82) is 5.26 Å². The average molecular weight is 421 g/mol. The summed E-state index contributed by atoms with van der Waals surface area (Å²) < 4.78 is 41.1. The first-order valence-corrected chi connectivity index (χ1v) is 9.54. The van der Waals surface area contributed by atoms with Crippen LogP contribution in [0, 0.1) is 16.7 Å². The quantitative estimate of drug-likeness (QED) is 0.429. The Morgan fingerprint density at radius 1 is 1.06 bits per heavy atom. The van der Waals surface area contributed by atoms with Crippen LogP contribution in [0.5, 0.6) is 0 Å². The van der Waals surface area contributed by atoms with E-state index >= 15 is 0 Å². The molecule has 0 aliphatic carbocycles. The van der Waals surface area contributed by atoms with Crippen LogP contribution < -0.4 is 0 Å². The number of nitrogens with zero attached hydrogens (tertiary/aromatic N) is 5. The molecule has 0 amide bonds. The number of hydrogen-bond acceptors (Lipinski definition) is 4. The highest BCUT2D eigenvalue weighted by Gasteiger charge is 2.47. The van der Waals surface area contributed by atoms with Crippen LogP contribution >= 0.6 is 0 Å². The van der Waals surface area contributed by atoms with E-state index in [1.807, 2.05) is 36.4 Å². The van der Waals surface area contributed by atoms with Gasteiger partial charge in [0, 0.05) is 34.5 Å². The second-order valence-corrected chi connectivity index (χ2v) is 7.92. The van der Waals surface area contributed by atoms with Crippen molar-refractivity contribution in [3.8, 4) is 28.5 Å². The first-order valence-electron chi connectivity index (χ1n) is 9.54. The van der Waals surface area contributed by atoms with Crippen molar-refractivity contribution < 1.29 is 13.2 Å². The van der Waals surface area contributed by atoms with Crippen LogP contribution in [-0.2, 0) is 6.54 Å². The number of hydrogen-bond donors (Lipinski definition) is 0. The first kappa shape index (κ1) is 20.5. The normalized spacial score (nSPS) is 12.1. The summed E-state index contributed by atoms with van der Waals surface area (Å²) in [7, 11) is 0. The van der Waals surface area contributed by atoms with Crippen molar-refractivity contribution in [3.63, 3.8) is 0 Å². The molecule has 0 aliphatic rings. The zero-order valence-electron chi connectivity index (χ0n) is 16.9. The second kappa shape index (κ2) is 7.51. The average Bonchev–Trinajstić information content (AvgIpc) is 3.19. The van der Waals surface area contributed by atoms with E-state index in [9.17, 15) is 18.4 Å². The minimum Gasteiger partial charge on any atom is -0.271 e. The van der Waals surface area contributed by atoms with E-state index in [0.717, 1.165) is 30.3 Å².